The maximum atomic E-state index is 11.2. The van der Waals surface area contributed by atoms with Gasteiger partial charge >= 0.3 is 5.97 Å². The maximum Gasteiger partial charge on any atom is 0.312 e. The predicted molar refractivity (Wildman–Crippen MR) is 82.3 cm³/mol. The van der Waals surface area contributed by atoms with Crippen LogP contribution in [0.15, 0.2) is 29.2 Å². The molecule has 0 aliphatic heterocycles. The molecule has 0 amide bonds. The largest absolute Gasteiger partial charge is 0.481 e. The number of aromatic nitrogens is 1. The molecule has 6 heteroatoms. The van der Waals surface area contributed by atoms with Crippen molar-refractivity contribution in [3.63, 3.8) is 0 Å². The molecule has 1 aliphatic carbocycles. The Morgan fingerprint density at radius 3 is 3.05 bits per heavy atom. The van der Waals surface area contributed by atoms with Gasteiger partial charge in [-0.1, -0.05) is 12.1 Å². The predicted octanol–water partition coefficient (Wildman–Crippen LogP) is 3.72. The van der Waals surface area contributed by atoms with Gasteiger partial charge in [0.1, 0.15) is 5.92 Å². The summed E-state index contributed by atoms with van der Waals surface area (Å²) in [5.41, 5.74) is 1.76. The van der Waals surface area contributed by atoms with Crippen molar-refractivity contribution in [2.24, 2.45) is 0 Å². The van der Waals surface area contributed by atoms with Gasteiger partial charge in [0.25, 0.3) is 0 Å². The first-order valence-corrected chi connectivity index (χ1v) is 8.35. The first-order chi connectivity index (χ1) is 9.69. The van der Waals surface area contributed by atoms with Crippen molar-refractivity contribution in [1.82, 2.24) is 4.98 Å². The highest BCUT2D eigenvalue weighted by molar-refractivity contribution is 7.98. The summed E-state index contributed by atoms with van der Waals surface area (Å²) in [4.78, 5) is 17.9. The van der Waals surface area contributed by atoms with Crippen LogP contribution in [0.5, 0.6) is 0 Å². The van der Waals surface area contributed by atoms with E-state index in [1.165, 1.54) is 0 Å². The average Bonchev–Trinajstić information content (AvgIpc) is 2.98. The quantitative estimate of drug-likeness (QED) is 0.843. The minimum absolute atomic E-state index is 0.437. The standard InChI is InChI=1S/C14H14N2O2S2/c1-19-10-5-3-2-4-9(10)15-14-16-12-8(13(17)18)6-7-11(12)20-14/h2-5,8H,6-7H2,1H3,(H,15,16)(H,17,18). The zero-order chi connectivity index (χ0) is 14.1. The third-order valence-electron chi connectivity index (χ3n) is 3.36. The van der Waals surface area contributed by atoms with Gasteiger partial charge in [-0.05, 0) is 31.2 Å². The second-order valence-corrected chi connectivity index (χ2v) is 6.51. The minimum Gasteiger partial charge on any atom is -0.481 e. The summed E-state index contributed by atoms with van der Waals surface area (Å²) in [5.74, 6) is -1.21. The van der Waals surface area contributed by atoms with E-state index in [0.717, 1.165) is 32.7 Å². The van der Waals surface area contributed by atoms with Crippen LogP contribution in [0.1, 0.15) is 22.9 Å². The van der Waals surface area contributed by atoms with Crippen LogP contribution in [0.3, 0.4) is 0 Å². The molecule has 4 nitrogen and oxygen atoms in total. The van der Waals surface area contributed by atoms with E-state index >= 15 is 0 Å². The molecule has 1 unspecified atom stereocenters. The van der Waals surface area contributed by atoms with Crippen LogP contribution in [0.2, 0.25) is 0 Å². The number of carbonyl (C=O) groups is 1. The summed E-state index contributed by atoms with van der Waals surface area (Å²) < 4.78 is 0. The van der Waals surface area contributed by atoms with E-state index in [1.54, 1.807) is 23.1 Å². The number of nitrogens with one attached hydrogen (secondary N) is 1. The molecule has 20 heavy (non-hydrogen) atoms. The molecule has 0 fully saturated rings. The lowest BCUT2D eigenvalue weighted by molar-refractivity contribution is -0.138. The SMILES string of the molecule is CSc1ccccc1Nc1nc2c(s1)CCC2C(=O)O. The summed E-state index contributed by atoms with van der Waals surface area (Å²) in [6.07, 6.45) is 3.52. The highest BCUT2D eigenvalue weighted by Crippen LogP contribution is 2.39. The Morgan fingerprint density at radius 2 is 2.30 bits per heavy atom. The van der Waals surface area contributed by atoms with E-state index < -0.39 is 11.9 Å². The Hall–Kier alpha value is -1.53. The molecule has 0 saturated heterocycles. The Balaban J connectivity index is 1.87. The minimum atomic E-state index is -0.773. The zero-order valence-corrected chi connectivity index (χ0v) is 12.6. The molecule has 1 atom stereocenters. The van der Waals surface area contributed by atoms with Gasteiger partial charge in [0.05, 0.1) is 11.4 Å². The van der Waals surface area contributed by atoms with Crippen LogP contribution in [0, 0.1) is 0 Å². The van der Waals surface area contributed by atoms with Gasteiger partial charge in [-0.15, -0.1) is 23.1 Å². The molecule has 2 N–H and O–H groups in total. The number of hydrogen-bond donors (Lipinski definition) is 2. The number of aryl methyl sites for hydroxylation is 1. The number of hydrogen-bond acceptors (Lipinski definition) is 5. The van der Waals surface area contributed by atoms with Crippen LogP contribution in [0.4, 0.5) is 10.8 Å². The van der Waals surface area contributed by atoms with Gasteiger partial charge < -0.3 is 10.4 Å². The first-order valence-electron chi connectivity index (χ1n) is 6.31. The third kappa shape index (κ3) is 2.41. The number of fused-ring (bicyclic) bond motifs is 1. The number of para-hydroxylation sites is 1. The fraction of sp³-hybridized carbons (Fsp3) is 0.286. The second kappa shape index (κ2) is 5.46. The molecule has 0 bridgehead atoms. The number of thioether (sulfide) groups is 1. The maximum absolute atomic E-state index is 11.2. The van der Waals surface area contributed by atoms with E-state index in [2.05, 4.69) is 10.3 Å². The highest BCUT2D eigenvalue weighted by atomic mass is 32.2. The third-order valence-corrected chi connectivity index (χ3v) is 5.21. The highest BCUT2D eigenvalue weighted by Gasteiger charge is 2.32. The Bertz CT molecular complexity index is 654. The van der Waals surface area contributed by atoms with Crippen LogP contribution in [-0.2, 0) is 11.2 Å². The van der Waals surface area contributed by atoms with Gasteiger partial charge in [0.15, 0.2) is 5.13 Å². The number of benzene rings is 1. The smallest absolute Gasteiger partial charge is 0.312 e. The van der Waals surface area contributed by atoms with Gasteiger partial charge in [-0.3, -0.25) is 4.79 Å². The monoisotopic (exact) mass is 306 g/mol. The molecule has 0 radical (unpaired) electrons. The number of aliphatic carboxylic acids is 1. The fourth-order valence-electron chi connectivity index (χ4n) is 2.38. The summed E-state index contributed by atoms with van der Waals surface area (Å²) in [5, 5.41) is 13.3. The lowest BCUT2D eigenvalue weighted by atomic mass is 10.1. The topological polar surface area (TPSA) is 62.2 Å². The van der Waals surface area contributed by atoms with Crippen LogP contribution in [-0.4, -0.2) is 22.3 Å². The number of thiazole rings is 1. The van der Waals surface area contributed by atoms with E-state index in [1.807, 2.05) is 30.5 Å². The molecule has 1 aliphatic rings. The van der Waals surface area contributed by atoms with Crippen molar-refractivity contribution in [1.29, 1.82) is 0 Å². The normalized spacial score (nSPS) is 16.9. The Morgan fingerprint density at radius 1 is 1.50 bits per heavy atom. The number of carboxylic acids is 1. The molecule has 3 rings (SSSR count). The molecule has 1 heterocycles. The van der Waals surface area contributed by atoms with Gasteiger partial charge in [0, 0.05) is 9.77 Å². The summed E-state index contributed by atoms with van der Waals surface area (Å²) in [7, 11) is 0. The van der Waals surface area contributed by atoms with Crippen LogP contribution < -0.4 is 5.32 Å². The van der Waals surface area contributed by atoms with Crippen LogP contribution in [0.25, 0.3) is 0 Å². The van der Waals surface area contributed by atoms with Crippen molar-refractivity contribution in [2.75, 3.05) is 11.6 Å². The molecule has 2 aromatic rings. The molecule has 0 saturated carbocycles. The molecule has 1 aromatic carbocycles. The van der Waals surface area contributed by atoms with E-state index in [9.17, 15) is 9.90 Å². The lowest BCUT2D eigenvalue weighted by Gasteiger charge is -2.07. The molecule has 0 spiro atoms. The lowest BCUT2D eigenvalue weighted by Crippen LogP contribution is -2.08. The molecular formula is C14H14N2O2S2. The fourth-order valence-corrected chi connectivity index (χ4v) is 3.99. The zero-order valence-electron chi connectivity index (χ0n) is 10.9. The van der Waals surface area contributed by atoms with Crippen molar-refractivity contribution in [3.05, 3.63) is 34.8 Å². The van der Waals surface area contributed by atoms with Crippen LogP contribution >= 0.6 is 23.1 Å². The molecular weight excluding hydrogens is 292 g/mol. The summed E-state index contributed by atoms with van der Waals surface area (Å²) >= 11 is 3.23. The van der Waals surface area contributed by atoms with Crippen molar-refractivity contribution in [3.8, 4) is 0 Å². The van der Waals surface area contributed by atoms with E-state index in [-0.39, 0.29) is 0 Å². The van der Waals surface area contributed by atoms with Gasteiger partial charge in [-0.2, -0.15) is 0 Å². The van der Waals surface area contributed by atoms with Crippen molar-refractivity contribution < 1.29 is 9.90 Å². The average molecular weight is 306 g/mol. The molecule has 104 valence electrons. The number of nitrogens with zero attached hydrogens (tertiary/aromatic N) is 1. The number of carboxylic acid groups (broad SMARTS) is 1. The molecule has 1 aromatic heterocycles. The number of rotatable bonds is 4. The summed E-state index contributed by atoms with van der Waals surface area (Å²) in [6.45, 7) is 0. The Kier molecular flexibility index (Phi) is 3.67. The van der Waals surface area contributed by atoms with Crippen molar-refractivity contribution in [2.45, 2.75) is 23.7 Å². The van der Waals surface area contributed by atoms with E-state index in [4.69, 9.17) is 0 Å². The van der Waals surface area contributed by atoms with Crippen molar-refractivity contribution >= 4 is 39.9 Å². The first kappa shape index (κ1) is 13.5. The van der Waals surface area contributed by atoms with Gasteiger partial charge in [0.2, 0.25) is 0 Å². The van der Waals surface area contributed by atoms with E-state index in [0.29, 0.717) is 6.42 Å². The van der Waals surface area contributed by atoms with Gasteiger partial charge in [-0.25, -0.2) is 4.98 Å². The second-order valence-electron chi connectivity index (χ2n) is 4.58. The summed E-state index contributed by atoms with van der Waals surface area (Å²) in [6, 6.07) is 8.03. The number of anilines is 2. The Labute approximate surface area is 125 Å².